The first-order valence-electron chi connectivity index (χ1n) is 9.92. The van der Waals surface area contributed by atoms with Gasteiger partial charge in [0.05, 0.1) is 16.4 Å². The summed E-state index contributed by atoms with van der Waals surface area (Å²) in [5.74, 6) is 0. The fraction of sp³-hybridized carbons (Fsp3) is 0.375. The minimum Gasteiger partial charge on any atom is -0.378 e. The van der Waals surface area contributed by atoms with Gasteiger partial charge in [-0.05, 0) is 53.7 Å². The molecule has 27 heavy (non-hydrogen) atoms. The molecule has 1 aliphatic heterocycles. The summed E-state index contributed by atoms with van der Waals surface area (Å²) in [4.78, 5) is 4.67. The van der Waals surface area contributed by atoms with Gasteiger partial charge in [0.15, 0.2) is 0 Å². The highest BCUT2D eigenvalue weighted by molar-refractivity contribution is 6.31. The topological polar surface area (TPSA) is 24.4 Å². The van der Waals surface area contributed by atoms with Crippen molar-refractivity contribution in [2.24, 2.45) is 4.99 Å². The number of halogens is 1. The number of allylic oxidation sites excluding steroid dienone is 1. The van der Waals surface area contributed by atoms with Gasteiger partial charge in [-0.2, -0.15) is 0 Å². The van der Waals surface area contributed by atoms with Crippen LogP contribution in [0.15, 0.2) is 47.6 Å². The zero-order valence-electron chi connectivity index (χ0n) is 16.6. The molecule has 0 bridgehead atoms. The molecule has 2 aromatic rings. The normalized spacial score (nSPS) is 13.9. The summed E-state index contributed by atoms with van der Waals surface area (Å²) in [7, 11) is 0. The van der Waals surface area contributed by atoms with E-state index >= 15 is 0 Å². The summed E-state index contributed by atoms with van der Waals surface area (Å²) in [5.41, 5.74) is 6.02. The lowest BCUT2D eigenvalue weighted by Crippen LogP contribution is -2.32. The molecule has 1 N–H and O–H groups in total. The number of hydrogen-bond acceptors (Lipinski definition) is 2. The Morgan fingerprint density at radius 3 is 2.78 bits per heavy atom. The van der Waals surface area contributed by atoms with Gasteiger partial charge in [0.2, 0.25) is 0 Å². The molecule has 0 saturated heterocycles. The van der Waals surface area contributed by atoms with E-state index in [1.54, 1.807) is 0 Å². The molecule has 142 valence electrons. The van der Waals surface area contributed by atoms with Gasteiger partial charge in [-0.15, -0.1) is 0 Å². The summed E-state index contributed by atoms with van der Waals surface area (Å²) in [6.07, 6.45) is 6.34. The number of nitrogens with zero attached hydrogens (tertiary/aromatic N) is 1. The van der Waals surface area contributed by atoms with E-state index < -0.39 is 0 Å². The fourth-order valence-electron chi connectivity index (χ4n) is 3.64. The third-order valence-electron chi connectivity index (χ3n) is 5.25. The van der Waals surface area contributed by atoms with E-state index in [1.807, 2.05) is 0 Å². The molecule has 2 nitrogen and oxygen atoms in total. The molecule has 2 aromatic carbocycles. The average Bonchev–Trinajstić information content (AvgIpc) is 2.68. The molecule has 0 amide bonds. The first kappa shape index (κ1) is 19.7. The summed E-state index contributed by atoms with van der Waals surface area (Å²) in [6, 6.07) is 11.0. The van der Waals surface area contributed by atoms with E-state index in [-0.39, 0.29) is 6.04 Å². The number of hydrogen-bond donors (Lipinski definition) is 1. The highest BCUT2D eigenvalue weighted by atomic mass is 35.5. The number of benzene rings is 2. The van der Waals surface area contributed by atoms with Crippen LogP contribution in [0.4, 0.5) is 0 Å². The molecular formula is C24H29ClN2. The van der Waals surface area contributed by atoms with Crippen LogP contribution < -0.4 is 15.9 Å². The summed E-state index contributed by atoms with van der Waals surface area (Å²) in [6.45, 7) is 11.5. The zero-order valence-corrected chi connectivity index (χ0v) is 17.4. The van der Waals surface area contributed by atoms with E-state index in [9.17, 15) is 0 Å². The molecule has 0 aromatic heterocycles. The standard InChI is InChI=1S/C24H29ClN2/c1-5-8-18-10-11-20(15-16(18)3)23(27-17(4)6-2)21-13-12-19-9-7-14-26-24(19)22(21)25/h9-13,15,23,27H,4-8,14H2,1-3H3. The van der Waals surface area contributed by atoms with Crippen LogP contribution in [0.25, 0.3) is 6.08 Å². The lowest BCUT2D eigenvalue weighted by Gasteiger charge is -2.24. The molecule has 3 heteroatoms. The minimum absolute atomic E-state index is 0.0262. The third kappa shape index (κ3) is 4.27. The van der Waals surface area contributed by atoms with Crippen molar-refractivity contribution < 1.29 is 0 Å². The molecule has 1 heterocycles. The van der Waals surface area contributed by atoms with Gasteiger partial charge in [0.1, 0.15) is 0 Å². The van der Waals surface area contributed by atoms with Crippen LogP contribution in [0.1, 0.15) is 61.4 Å². The fourth-order valence-corrected chi connectivity index (χ4v) is 3.98. The number of aryl methyl sites for hydroxylation is 2. The maximum atomic E-state index is 6.84. The van der Waals surface area contributed by atoms with Crippen LogP contribution >= 0.6 is 11.6 Å². The van der Waals surface area contributed by atoms with Gasteiger partial charge >= 0.3 is 0 Å². The number of fused-ring (bicyclic) bond motifs is 1. The average molecular weight is 381 g/mol. The molecule has 0 saturated carbocycles. The Kier molecular flexibility index (Phi) is 6.38. The SMILES string of the molecule is C=C(CC)NC(c1ccc(CCC)c(C)c1)c1ccc2c(c1Cl)=NCCC=2. The van der Waals surface area contributed by atoms with Gasteiger partial charge in [0.25, 0.3) is 0 Å². The van der Waals surface area contributed by atoms with Crippen molar-refractivity contribution in [2.75, 3.05) is 6.54 Å². The second-order valence-corrected chi connectivity index (χ2v) is 7.63. The molecule has 0 radical (unpaired) electrons. The van der Waals surface area contributed by atoms with E-state index in [0.717, 1.165) is 59.1 Å². The van der Waals surface area contributed by atoms with Crippen LogP contribution in [0.5, 0.6) is 0 Å². The number of rotatable bonds is 7. The van der Waals surface area contributed by atoms with E-state index in [4.69, 9.17) is 11.6 Å². The Morgan fingerprint density at radius 1 is 1.26 bits per heavy atom. The zero-order chi connectivity index (χ0) is 19.4. The van der Waals surface area contributed by atoms with E-state index in [2.05, 4.69) is 74.1 Å². The van der Waals surface area contributed by atoms with Gasteiger partial charge in [0, 0.05) is 12.2 Å². The molecule has 3 rings (SSSR count). The molecule has 1 unspecified atom stereocenters. The van der Waals surface area contributed by atoms with Crippen molar-refractivity contribution in [1.82, 2.24) is 5.32 Å². The maximum absolute atomic E-state index is 6.84. The Morgan fingerprint density at radius 2 is 2.07 bits per heavy atom. The Labute approximate surface area is 167 Å². The first-order chi connectivity index (χ1) is 13.0. The van der Waals surface area contributed by atoms with Crippen molar-refractivity contribution in [3.63, 3.8) is 0 Å². The highest BCUT2D eigenvalue weighted by Crippen LogP contribution is 2.29. The predicted molar refractivity (Wildman–Crippen MR) is 116 cm³/mol. The minimum atomic E-state index is -0.0262. The van der Waals surface area contributed by atoms with Crippen LogP contribution in [0.2, 0.25) is 5.02 Å². The summed E-state index contributed by atoms with van der Waals surface area (Å²) < 4.78 is 0. The van der Waals surface area contributed by atoms with Crippen molar-refractivity contribution in [3.8, 4) is 0 Å². The Hall–Kier alpha value is -2.06. The lowest BCUT2D eigenvalue weighted by atomic mass is 9.93. The highest BCUT2D eigenvalue weighted by Gasteiger charge is 2.19. The first-order valence-corrected chi connectivity index (χ1v) is 10.3. The second kappa shape index (κ2) is 8.75. The number of nitrogens with one attached hydrogen (secondary N) is 1. The smallest absolute Gasteiger partial charge is 0.0833 e. The van der Waals surface area contributed by atoms with Crippen molar-refractivity contribution in [1.29, 1.82) is 0 Å². The van der Waals surface area contributed by atoms with E-state index in [0.29, 0.717) is 0 Å². The summed E-state index contributed by atoms with van der Waals surface area (Å²) >= 11 is 6.84. The van der Waals surface area contributed by atoms with Gasteiger partial charge < -0.3 is 5.32 Å². The molecule has 1 aliphatic rings. The molecule has 0 spiro atoms. The lowest BCUT2D eigenvalue weighted by molar-refractivity contribution is 0.671. The maximum Gasteiger partial charge on any atom is 0.0833 e. The van der Waals surface area contributed by atoms with Crippen molar-refractivity contribution in [2.45, 2.75) is 52.5 Å². The van der Waals surface area contributed by atoms with E-state index in [1.165, 1.54) is 16.7 Å². The Balaban J connectivity index is 2.10. The van der Waals surface area contributed by atoms with Crippen LogP contribution in [-0.4, -0.2) is 6.54 Å². The second-order valence-electron chi connectivity index (χ2n) is 7.25. The van der Waals surface area contributed by atoms with Crippen LogP contribution in [-0.2, 0) is 6.42 Å². The third-order valence-corrected chi connectivity index (χ3v) is 5.64. The van der Waals surface area contributed by atoms with Gasteiger partial charge in [-0.25, -0.2) is 0 Å². The van der Waals surface area contributed by atoms with Crippen LogP contribution in [0, 0.1) is 6.92 Å². The van der Waals surface area contributed by atoms with Crippen LogP contribution in [0.3, 0.4) is 0 Å². The predicted octanol–water partition coefficient (Wildman–Crippen LogP) is 5.01. The molecular weight excluding hydrogens is 352 g/mol. The quantitative estimate of drug-likeness (QED) is 0.717. The monoisotopic (exact) mass is 380 g/mol. The molecule has 1 atom stereocenters. The summed E-state index contributed by atoms with van der Waals surface area (Å²) in [5, 5.41) is 6.41. The molecule has 0 fully saturated rings. The van der Waals surface area contributed by atoms with Gasteiger partial charge in [-0.1, -0.05) is 74.9 Å². The van der Waals surface area contributed by atoms with Crippen molar-refractivity contribution in [3.05, 3.63) is 80.5 Å². The largest absolute Gasteiger partial charge is 0.378 e. The van der Waals surface area contributed by atoms with Crippen molar-refractivity contribution >= 4 is 17.7 Å². The molecule has 0 aliphatic carbocycles. The Bertz CT molecular complexity index is 959. The van der Waals surface area contributed by atoms with Gasteiger partial charge in [-0.3, -0.25) is 4.99 Å².